The number of hydrogen-bond acceptors (Lipinski definition) is 4. The normalized spacial score (nSPS) is 10.7. The minimum absolute atomic E-state index is 0.149. The van der Waals surface area contributed by atoms with Crippen LogP contribution in [-0.2, 0) is 6.54 Å². The summed E-state index contributed by atoms with van der Waals surface area (Å²) < 4.78 is 0. The highest BCUT2D eigenvalue weighted by Crippen LogP contribution is 2.23. The van der Waals surface area contributed by atoms with Crippen molar-refractivity contribution >= 4 is 16.9 Å². The second-order valence-corrected chi connectivity index (χ2v) is 6.27. The predicted molar refractivity (Wildman–Crippen MR) is 105 cm³/mol. The van der Waals surface area contributed by atoms with Crippen LogP contribution in [0.5, 0.6) is 0 Å². The zero-order valence-electron chi connectivity index (χ0n) is 14.9. The number of aromatic nitrogens is 3. The van der Waals surface area contributed by atoms with E-state index >= 15 is 0 Å². The molecule has 0 aliphatic heterocycles. The van der Waals surface area contributed by atoms with Crippen molar-refractivity contribution in [2.75, 3.05) is 0 Å². The average molecular weight is 354 g/mol. The standard InChI is InChI=1S/C22H18N4O/c1-15-21(17-7-3-2-4-8-17)26-20-12-18(9-10-19(20)25-15)22(27)24-14-16-6-5-11-23-13-16/h2-13H,14H2,1H3,(H,24,27). The number of fused-ring (bicyclic) bond motifs is 1. The highest BCUT2D eigenvalue weighted by molar-refractivity contribution is 5.97. The Morgan fingerprint density at radius 2 is 1.81 bits per heavy atom. The molecule has 2 aromatic carbocycles. The minimum Gasteiger partial charge on any atom is -0.348 e. The van der Waals surface area contributed by atoms with Crippen LogP contribution in [0.15, 0.2) is 73.1 Å². The summed E-state index contributed by atoms with van der Waals surface area (Å²) in [4.78, 5) is 26.0. The minimum atomic E-state index is -0.149. The van der Waals surface area contributed by atoms with Gasteiger partial charge in [-0.3, -0.25) is 9.78 Å². The molecule has 132 valence electrons. The molecule has 5 nitrogen and oxygen atoms in total. The van der Waals surface area contributed by atoms with Crippen molar-refractivity contribution < 1.29 is 4.79 Å². The molecule has 4 aromatic rings. The summed E-state index contributed by atoms with van der Waals surface area (Å²) in [5, 5.41) is 2.91. The fraction of sp³-hybridized carbons (Fsp3) is 0.0909. The maximum absolute atomic E-state index is 12.5. The number of carbonyl (C=O) groups excluding carboxylic acids is 1. The van der Waals surface area contributed by atoms with Crippen LogP contribution >= 0.6 is 0 Å². The van der Waals surface area contributed by atoms with Crippen LogP contribution in [-0.4, -0.2) is 20.9 Å². The summed E-state index contributed by atoms with van der Waals surface area (Å²) in [5.41, 5.74) is 5.69. The van der Waals surface area contributed by atoms with E-state index in [1.165, 1.54) is 0 Å². The molecule has 0 spiro atoms. The molecular formula is C22H18N4O. The van der Waals surface area contributed by atoms with E-state index in [9.17, 15) is 4.79 Å². The van der Waals surface area contributed by atoms with Gasteiger partial charge < -0.3 is 5.32 Å². The number of nitrogens with zero attached hydrogens (tertiary/aromatic N) is 3. The maximum Gasteiger partial charge on any atom is 0.251 e. The van der Waals surface area contributed by atoms with E-state index in [0.29, 0.717) is 17.6 Å². The summed E-state index contributed by atoms with van der Waals surface area (Å²) in [7, 11) is 0. The highest BCUT2D eigenvalue weighted by atomic mass is 16.1. The van der Waals surface area contributed by atoms with E-state index in [2.05, 4.69) is 15.3 Å². The predicted octanol–water partition coefficient (Wildman–Crippen LogP) is 3.93. The van der Waals surface area contributed by atoms with Gasteiger partial charge in [-0.2, -0.15) is 0 Å². The summed E-state index contributed by atoms with van der Waals surface area (Å²) in [6.45, 7) is 2.38. The van der Waals surface area contributed by atoms with Crippen LogP contribution < -0.4 is 5.32 Å². The van der Waals surface area contributed by atoms with Crippen molar-refractivity contribution in [1.29, 1.82) is 0 Å². The first-order chi connectivity index (χ1) is 13.2. The Bertz CT molecular complexity index is 1100. The Balaban J connectivity index is 1.63. The lowest BCUT2D eigenvalue weighted by Crippen LogP contribution is -2.22. The molecule has 0 atom stereocenters. The molecule has 0 bridgehead atoms. The first-order valence-electron chi connectivity index (χ1n) is 8.71. The molecule has 2 heterocycles. The van der Waals surface area contributed by atoms with Crippen molar-refractivity contribution in [2.45, 2.75) is 13.5 Å². The molecule has 1 N–H and O–H groups in total. The van der Waals surface area contributed by atoms with E-state index < -0.39 is 0 Å². The number of amides is 1. The van der Waals surface area contributed by atoms with Crippen LogP contribution in [0.4, 0.5) is 0 Å². The Hall–Kier alpha value is -3.60. The van der Waals surface area contributed by atoms with Gasteiger partial charge in [0, 0.05) is 30.1 Å². The highest BCUT2D eigenvalue weighted by Gasteiger charge is 2.11. The van der Waals surface area contributed by atoms with Gasteiger partial charge >= 0.3 is 0 Å². The quantitative estimate of drug-likeness (QED) is 0.603. The number of benzene rings is 2. The third-order valence-corrected chi connectivity index (χ3v) is 4.32. The number of hydrogen-bond donors (Lipinski definition) is 1. The van der Waals surface area contributed by atoms with Crippen LogP contribution in [0.2, 0.25) is 0 Å². The summed E-state index contributed by atoms with van der Waals surface area (Å²) in [6, 6.07) is 19.1. The van der Waals surface area contributed by atoms with Gasteiger partial charge in [-0.25, -0.2) is 9.97 Å². The van der Waals surface area contributed by atoms with Gasteiger partial charge in [0.25, 0.3) is 5.91 Å². The van der Waals surface area contributed by atoms with Gasteiger partial charge in [-0.1, -0.05) is 36.4 Å². The molecule has 2 aromatic heterocycles. The van der Waals surface area contributed by atoms with Gasteiger partial charge in [-0.15, -0.1) is 0 Å². The smallest absolute Gasteiger partial charge is 0.251 e. The molecular weight excluding hydrogens is 336 g/mol. The summed E-state index contributed by atoms with van der Waals surface area (Å²) in [6.07, 6.45) is 3.45. The van der Waals surface area contributed by atoms with E-state index in [0.717, 1.165) is 28.0 Å². The van der Waals surface area contributed by atoms with E-state index in [1.54, 1.807) is 24.5 Å². The van der Waals surface area contributed by atoms with Crippen LogP contribution in [0, 0.1) is 6.92 Å². The molecule has 0 saturated carbocycles. The lowest BCUT2D eigenvalue weighted by Gasteiger charge is -2.09. The van der Waals surface area contributed by atoms with Crippen molar-refractivity contribution in [3.05, 3.63) is 89.9 Å². The van der Waals surface area contributed by atoms with E-state index in [1.807, 2.05) is 55.5 Å². The van der Waals surface area contributed by atoms with Crippen molar-refractivity contribution in [3.63, 3.8) is 0 Å². The van der Waals surface area contributed by atoms with Crippen LogP contribution in [0.1, 0.15) is 21.6 Å². The van der Waals surface area contributed by atoms with Crippen LogP contribution in [0.25, 0.3) is 22.3 Å². The van der Waals surface area contributed by atoms with Crippen molar-refractivity contribution in [2.24, 2.45) is 0 Å². The Kier molecular flexibility index (Phi) is 4.58. The zero-order valence-corrected chi connectivity index (χ0v) is 14.9. The molecule has 4 rings (SSSR count). The number of carbonyl (C=O) groups is 1. The first kappa shape index (κ1) is 16.8. The van der Waals surface area contributed by atoms with Gasteiger partial charge in [0.1, 0.15) is 0 Å². The largest absolute Gasteiger partial charge is 0.348 e. The molecule has 1 amide bonds. The molecule has 5 heteroatoms. The number of rotatable bonds is 4. The van der Waals surface area contributed by atoms with E-state index in [-0.39, 0.29) is 5.91 Å². The molecule has 0 unspecified atom stereocenters. The van der Waals surface area contributed by atoms with Gasteiger partial charge in [0.15, 0.2) is 0 Å². The summed E-state index contributed by atoms with van der Waals surface area (Å²) >= 11 is 0. The molecule has 27 heavy (non-hydrogen) atoms. The second kappa shape index (κ2) is 7.33. The average Bonchev–Trinajstić information content (AvgIpc) is 2.72. The Morgan fingerprint density at radius 3 is 2.59 bits per heavy atom. The fourth-order valence-corrected chi connectivity index (χ4v) is 2.94. The number of aryl methyl sites for hydroxylation is 1. The monoisotopic (exact) mass is 354 g/mol. The van der Waals surface area contributed by atoms with Crippen molar-refractivity contribution in [3.8, 4) is 11.3 Å². The van der Waals surface area contributed by atoms with Crippen molar-refractivity contribution in [1.82, 2.24) is 20.3 Å². The fourth-order valence-electron chi connectivity index (χ4n) is 2.94. The van der Waals surface area contributed by atoms with Gasteiger partial charge in [0.05, 0.1) is 22.4 Å². The zero-order chi connectivity index (χ0) is 18.6. The maximum atomic E-state index is 12.5. The number of pyridine rings is 1. The molecule has 0 radical (unpaired) electrons. The lowest BCUT2D eigenvalue weighted by molar-refractivity contribution is 0.0951. The molecule has 0 aliphatic carbocycles. The summed E-state index contributed by atoms with van der Waals surface area (Å²) in [5.74, 6) is -0.149. The lowest BCUT2D eigenvalue weighted by atomic mass is 10.1. The van der Waals surface area contributed by atoms with Crippen LogP contribution in [0.3, 0.4) is 0 Å². The van der Waals surface area contributed by atoms with Gasteiger partial charge in [-0.05, 0) is 36.8 Å². The Morgan fingerprint density at radius 1 is 0.963 bits per heavy atom. The topological polar surface area (TPSA) is 67.8 Å². The Labute approximate surface area is 157 Å². The SMILES string of the molecule is Cc1nc2ccc(C(=O)NCc3cccnc3)cc2nc1-c1ccccc1. The van der Waals surface area contributed by atoms with Gasteiger partial charge in [0.2, 0.25) is 0 Å². The third kappa shape index (κ3) is 3.67. The first-order valence-corrected chi connectivity index (χ1v) is 8.71. The second-order valence-electron chi connectivity index (χ2n) is 6.27. The number of nitrogens with one attached hydrogen (secondary N) is 1. The van der Waals surface area contributed by atoms with E-state index in [4.69, 9.17) is 4.98 Å². The molecule has 0 fully saturated rings. The third-order valence-electron chi connectivity index (χ3n) is 4.32. The molecule has 0 aliphatic rings. The molecule has 0 saturated heterocycles.